The molecule has 2 rings (SSSR count). The van der Waals surface area contributed by atoms with Gasteiger partial charge in [0, 0.05) is 13.1 Å². The monoisotopic (exact) mass is 250 g/mol. The van der Waals surface area contributed by atoms with Gasteiger partial charge in [0.05, 0.1) is 5.41 Å². The zero-order valence-corrected chi connectivity index (χ0v) is 10.6. The van der Waals surface area contributed by atoms with Gasteiger partial charge >= 0.3 is 0 Å². The molecule has 0 unspecified atom stereocenters. The number of benzene rings is 1. The molecule has 0 aliphatic heterocycles. The van der Waals surface area contributed by atoms with Gasteiger partial charge in [0.2, 0.25) is 5.91 Å². The highest BCUT2D eigenvalue weighted by Crippen LogP contribution is 2.44. The van der Waals surface area contributed by atoms with E-state index in [0.717, 1.165) is 18.4 Å². The van der Waals surface area contributed by atoms with Crippen molar-refractivity contribution >= 4 is 5.91 Å². The van der Waals surface area contributed by atoms with E-state index in [1.54, 1.807) is 12.1 Å². The lowest BCUT2D eigenvalue weighted by atomic mass is 9.62. The van der Waals surface area contributed by atoms with E-state index in [1.165, 1.54) is 12.1 Å². The van der Waals surface area contributed by atoms with Crippen molar-refractivity contribution in [2.75, 3.05) is 6.54 Å². The number of carbonyl (C=O) groups is 1. The third-order valence-corrected chi connectivity index (χ3v) is 3.69. The van der Waals surface area contributed by atoms with Crippen molar-refractivity contribution in [3.63, 3.8) is 0 Å². The van der Waals surface area contributed by atoms with Gasteiger partial charge in [-0.05, 0) is 36.5 Å². The van der Waals surface area contributed by atoms with Gasteiger partial charge in [-0.1, -0.05) is 19.1 Å². The maximum absolute atomic E-state index is 13.0. The first kappa shape index (κ1) is 13.0. The molecule has 1 aliphatic rings. The van der Waals surface area contributed by atoms with Crippen LogP contribution in [0.5, 0.6) is 0 Å². The number of halogens is 1. The van der Waals surface area contributed by atoms with Crippen LogP contribution in [-0.4, -0.2) is 12.5 Å². The standard InChI is InChI=1S/C14H19FN2O/c1-10-6-14(7-10,9-16)13(18)17-8-11-3-2-4-12(15)5-11/h2-5,10H,6-9,16H2,1H3,(H,17,18). The Labute approximate surface area is 107 Å². The molecule has 18 heavy (non-hydrogen) atoms. The molecule has 0 heterocycles. The smallest absolute Gasteiger partial charge is 0.227 e. The molecule has 3 nitrogen and oxygen atoms in total. The van der Waals surface area contributed by atoms with Crippen molar-refractivity contribution in [1.29, 1.82) is 0 Å². The second-order valence-electron chi connectivity index (χ2n) is 5.31. The van der Waals surface area contributed by atoms with Crippen LogP contribution in [0.15, 0.2) is 24.3 Å². The molecule has 0 bridgehead atoms. The van der Waals surface area contributed by atoms with Crippen molar-refractivity contribution in [2.45, 2.75) is 26.3 Å². The van der Waals surface area contributed by atoms with Crippen molar-refractivity contribution < 1.29 is 9.18 Å². The summed E-state index contributed by atoms with van der Waals surface area (Å²) in [6, 6.07) is 6.25. The Bertz CT molecular complexity index is 441. The van der Waals surface area contributed by atoms with E-state index in [1.807, 2.05) is 0 Å². The second-order valence-corrected chi connectivity index (χ2v) is 5.31. The molecule has 0 saturated heterocycles. The van der Waals surface area contributed by atoms with E-state index in [0.29, 0.717) is 19.0 Å². The highest BCUT2D eigenvalue weighted by atomic mass is 19.1. The maximum Gasteiger partial charge on any atom is 0.227 e. The molecule has 3 N–H and O–H groups in total. The van der Waals surface area contributed by atoms with Crippen molar-refractivity contribution in [3.8, 4) is 0 Å². The third-order valence-electron chi connectivity index (χ3n) is 3.69. The maximum atomic E-state index is 13.0. The summed E-state index contributed by atoms with van der Waals surface area (Å²) >= 11 is 0. The molecular formula is C14H19FN2O. The summed E-state index contributed by atoms with van der Waals surface area (Å²) in [6.07, 6.45) is 1.69. The summed E-state index contributed by atoms with van der Waals surface area (Å²) in [5.74, 6) is 0.272. The fourth-order valence-electron chi connectivity index (χ4n) is 2.74. The molecule has 1 saturated carbocycles. The van der Waals surface area contributed by atoms with Gasteiger partial charge in [0.15, 0.2) is 0 Å². The van der Waals surface area contributed by atoms with Crippen LogP contribution < -0.4 is 11.1 Å². The Morgan fingerprint density at radius 2 is 2.28 bits per heavy atom. The minimum Gasteiger partial charge on any atom is -0.352 e. The van der Waals surface area contributed by atoms with Crippen LogP contribution >= 0.6 is 0 Å². The molecule has 1 aromatic carbocycles. The summed E-state index contributed by atoms with van der Waals surface area (Å²) in [4.78, 5) is 12.1. The first-order chi connectivity index (χ1) is 8.55. The van der Waals surface area contributed by atoms with Gasteiger partial charge in [-0.15, -0.1) is 0 Å². The Hall–Kier alpha value is -1.42. The van der Waals surface area contributed by atoms with Crippen LogP contribution in [0.25, 0.3) is 0 Å². The van der Waals surface area contributed by atoms with E-state index in [9.17, 15) is 9.18 Å². The molecule has 1 aromatic rings. The number of hydrogen-bond donors (Lipinski definition) is 2. The Balaban J connectivity index is 1.92. The molecule has 1 aliphatic carbocycles. The normalized spacial score (nSPS) is 26.5. The second kappa shape index (κ2) is 5.06. The lowest BCUT2D eigenvalue weighted by Gasteiger charge is -2.44. The highest BCUT2D eigenvalue weighted by molar-refractivity contribution is 5.83. The summed E-state index contributed by atoms with van der Waals surface area (Å²) < 4.78 is 13.0. The fraction of sp³-hybridized carbons (Fsp3) is 0.500. The number of carbonyl (C=O) groups excluding carboxylic acids is 1. The minimum absolute atomic E-state index is 0.00707. The van der Waals surface area contributed by atoms with Crippen LogP contribution in [0.4, 0.5) is 4.39 Å². The van der Waals surface area contributed by atoms with E-state index in [2.05, 4.69) is 12.2 Å². The summed E-state index contributed by atoms with van der Waals surface area (Å²) in [5, 5.41) is 2.85. The van der Waals surface area contributed by atoms with E-state index in [-0.39, 0.29) is 11.7 Å². The van der Waals surface area contributed by atoms with Crippen molar-refractivity contribution in [3.05, 3.63) is 35.6 Å². The Morgan fingerprint density at radius 3 is 2.83 bits per heavy atom. The van der Waals surface area contributed by atoms with Crippen LogP contribution in [-0.2, 0) is 11.3 Å². The number of rotatable bonds is 4. The zero-order valence-electron chi connectivity index (χ0n) is 10.6. The molecule has 1 fully saturated rings. The first-order valence-corrected chi connectivity index (χ1v) is 6.28. The third kappa shape index (κ3) is 2.53. The first-order valence-electron chi connectivity index (χ1n) is 6.28. The van der Waals surface area contributed by atoms with Gasteiger partial charge in [0.1, 0.15) is 5.82 Å². The summed E-state index contributed by atoms with van der Waals surface area (Å²) in [6.45, 7) is 2.85. The van der Waals surface area contributed by atoms with E-state index < -0.39 is 5.41 Å². The predicted octanol–water partition coefficient (Wildman–Crippen LogP) is 1.82. The van der Waals surface area contributed by atoms with Crippen LogP contribution in [0.1, 0.15) is 25.3 Å². The number of hydrogen-bond acceptors (Lipinski definition) is 2. The van der Waals surface area contributed by atoms with Gasteiger partial charge in [-0.25, -0.2) is 4.39 Å². The molecule has 0 atom stereocenters. The predicted molar refractivity (Wildman–Crippen MR) is 68.1 cm³/mol. The van der Waals surface area contributed by atoms with Gasteiger partial charge in [-0.3, -0.25) is 4.79 Å². The number of amides is 1. The molecule has 0 aromatic heterocycles. The lowest BCUT2D eigenvalue weighted by Crippen LogP contribution is -2.53. The van der Waals surface area contributed by atoms with Crippen LogP contribution in [0.2, 0.25) is 0 Å². The Morgan fingerprint density at radius 1 is 1.56 bits per heavy atom. The summed E-state index contributed by atoms with van der Waals surface area (Å²) in [5.41, 5.74) is 6.07. The number of nitrogens with two attached hydrogens (primary N) is 1. The quantitative estimate of drug-likeness (QED) is 0.856. The van der Waals surface area contributed by atoms with E-state index in [4.69, 9.17) is 5.73 Å². The van der Waals surface area contributed by atoms with Crippen molar-refractivity contribution in [2.24, 2.45) is 17.1 Å². The fourth-order valence-corrected chi connectivity index (χ4v) is 2.74. The summed E-state index contributed by atoms with van der Waals surface area (Å²) in [7, 11) is 0. The van der Waals surface area contributed by atoms with Crippen molar-refractivity contribution in [1.82, 2.24) is 5.32 Å². The average Bonchev–Trinajstić information content (AvgIpc) is 2.32. The van der Waals surface area contributed by atoms with Gasteiger partial charge in [-0.2, -0.15) is 0 Å². The van der Waals surface area contributed by atoms with Gasteiger partial charge < -0.3 is 11.1 Å². The van der Waals surface area contributed by atoms with Gasteiger partial charge in [0.25, 0.3) is 0 Å². The molecule has 0 radical (unpaired) electrons. The Kier molecular flexibility index (Phi) is 3.66. The van der Waals surface area contributed by atoms with E-state index >= 15 is 0 Å². The average molecular weight is 250 g/mol. The van der Waals surface area contributed by atoms with Crippen LogP contribution in [0, 0.1) is 17.2 Å². The lowest BCUT2D eigenvalue weighted by molar-refractivity contribution is -0.138. The highest BCUT2D eigenvalue weighted by Gasteiger charge is 2.46. The largest absolute Gasteiger partial charge is 0.352 e. The minimum atomic E-state index is -0.396. The zero-order chi connectivity index (χ0) is 13.2. The molecular weight excluding hydrogens is 231 g/mol. The number of nitrogens with one attached hydrogen (secondary N) is 1. The molecule has 98 valence electrons. The molecule has 4 heteroatoms. The topological polar surface area (TPSA) is 55.1 Å². The van der Waals surface area contributed by atoms with Crippen LogP contribution in [0.3, 0.4) is 0 Å². The molecule has 0 spiro atoms. The molecule has 1 amide bonds. The SMILES string of the molecule is CC1CC(CN)(C(=O)NCc2cccc(F)c2)C1.